The number of anilines is 1. The maximum absolute atomic E-state index is 10.2. The van der Waals surface area contributed by atoms with Gasteiger partial charge in [-0.1, -0.05) is 11.6 Å². The Hall–Kier alpha value is -1.63. The Kier molecular flexibility index (Phi) is 4.61. The molecule has 3 rings (SSSR count). The number of aliphatic hydroxyl groups excluding tert-OH is 2. The van der Waals surface area contributed by atoms with Crippen molar-refractivity contribution >= 4 is 17.3 Å². The maximum Gasteiger partial charge on any atom is 0.0853 e. The predicted octanol–water partition coefficient (Wildman–Crippen LogP) is 1.68. The minimum absolute atomic E-state index is 0.00928. The minimum Gasteiger partial charge on any atom is -0.391 e. The van der Waals surface area contributed by atoms with E-state index in [1.807, 2.05) is 10.7 Å². The van der Waals surface area contributed by atoms with Crippen molar-refractivity contribution in [2.45, 2.75) is 38.1 Å². The van der Waals surface area contributed by atoms with E-state index in [2.05, 4.69) is 15.4 Å². The predicted molar refractivity (Wildman–Crippen MR) is 83.5 cm³/mol. The summed E-state index contributed by atoms with van der Waals surface area (Å²) in [5, 5.41) is 27.5. The van der Waals surface area contributed by atoms with Gasteiger partial charge in [0, 0.05) is 24.6 Å². The fraction of sp³-hybridized carbons (Fsp3) is 0.467. The molecule has 1 unspecified atom stereocenters. The average molecular weight is 323 g/mol. The van der Waals surface area contributed by atoms with Crippen LogP contribution in [0.4, 0.5) is 5.69 Å². The van der Waals surface area contributed by atoms with Crippen molar-refractivity contribution in [1.29, 1.82) is 0 Å². The van der Waals surface area contributed by atoms with Crippen LogP contribution in [0.1, 0.15) is 18.5 Å². The van der Waals surface area contributed by atoms with Crippen molar-refractivity contribution in [2.24, 2.45) is 5.92 Å². The number of rotatable bonds is 5. The van der Waals surface area contributed by atoms with Crippen LogP contribution in [0.5, 0.6) is 0 Å². The molecule has 7 heteroatoms. The van der Waals surface area contributed by atoms with Gasteiger partial charge in [0.25, 0.3) is 0 Å². The molecule has 3 atom stereocenters. The van der Waals surface area contributed by atoms with E-state index < -0.39 is 6.10 Å². The van der Waals surface area contributed by atoms with E-state index in [9.17, 15) is 5.11 Å². The molecule has 2 heterocycles. The zero-order valence-electron chi connectivity index (χ0n) is 12.1. The number of aromatic nitrogens is 3. The van der Waals surface area contributed by atoms with Crippen LogP contribution in [0, 0.1) is 5.92 Å². The Morgan fingerprint density at radius 1 is 1.41 bits per heavy atom. The molecule has 1 saturated carbocycles. The molecule has 6 nitrogen and oxygen atoms in total. The second kappa shape index (κ2) is 6.64. The first kappa shape index (κ1) is 15.3. The largest absolute Gasteiger partial charge is 0.391 e. The first-order chi connectivity index (χ1) is 10.6. The molecule has 0 aliphatic heterocycles. The van der Waals surface area contributed by atoms with E-state index in [1.54, 1.807) is 24.7 Å². The molecule has 3 N–H and O–H groups in total. The summed E-state index contributed by atoms with van der Waals surface area (Å²) in [4.78, 5) is 4.05. The quantitative estimate of drug-likeness (QED) is 0.780. The van der Waals surface area contributed by atoms with Crippen molar-refractivity contribution < 1.29 is 10.2 Å². The lowest BCUT2D eigenvalue weighted by Crippen LogP contribution is -2.28. The third kappa shape index (κ3) is 3.58. The maximum atomic E-state index is 10.2. The fourth-order valence-electron chi connectivity index (χ4n) is 2.99. The van der Waals surface area contributed by atoms with Crippen molar-refractivity contribution in [1.82, 2.24) is 14.8 Å². The van der Waals surface area contributed by atoms with E-state index >= 15 is 0 Å². The topological polar surface area (TPSA) is 83.2 Å². The molecular weight excluding hydrogens is 304 g/mol. The van der Waals surface area contributed by atoms with Gasteiger partial charge in [0.15, 0.2) is 0 Å². The molecule has 0 saturated heterocycles. The second-order valence-electron chi connectivity index (χ2n) is 5.73. The van der Waals surface area contributed by atoms with E-state index in [-0.39, 0.29) is 12.6 Å². The van der Waals surface area contributed by atoms with Gasteiger partial charge in [0.2, 0.25) is 0 Å². The van der Waals surface area contributed by atoms with Crippen LogP contribution >= 0.6 is 11.6 Å². The van der Waals surface area contributed by atoms with Crippen molar-refractivity contribution in [2.75, 3.05) is 5.32 Å². The van der Waals surface area contributed by atoms with Gasteiger partial charge in [-0.2, -0.15) is 5.10 Å². The summed E-state index contributed by atoms with van der Waals surface area (Å²) in [7, 11) is 0. The molecule has 0 bridgehead atoms. The molecule has 0 spiro atoms. The van der Waals surface area contributed by atoms with Gasteiger partial charge in [-0.3, -0.25) is 9.67 Å². The minimum atomic E-state index is -0.401. The van der Waals surface area contributed by atoms with Crippen LogP contribution in [0.15, 0.2) is 30.7 Å². The van der Waals surface area contributed by atoms with Crippen LogP contribution in [0.3, 0.4) is 0 Å². The molecule has 118 valence electrons. The zero-order valence-corrected chi connectivity index (χ0v) is 12.8. The Bertz CT molecular complexity index is 634. The molecule has 0 radical (unpaired) electrons. The highest BCUT2D eigenvalue weighted by molar-refractivity contribution is 6.30. The lowest BCUT2D eigenvalue weighted by molar-refractivity contribution is 0.166. The average Bonchev–Trinajstić information content (AvgIpc) is 3.06. The molecule has 0 aromatic carbocycles. The lowest BCUT2D eigenvalue weighted by atomic mass is 10.1. The zero-order chi connectivity index (χ0) is 15.5. The number of halogens is 1. The standard InChI is InChI=1S/C15H19ClN4O2/c16-11-6-18-20(8-11)7-10-3-14(15(22)4-10)19-12-1-2-17-13(5-12)9-21/h1-2,5-6,8,10,14-15,21-22H,3-4,7,9H2,(H,17,19)/t10?,14-,15-/m1/s1. The molecule has 1 aliphatic rings. The van der Waals surface area contributed by atoms with Gasteiger partial charge < -0.3 is 15.5 Å². The third-order valence-corrected chi connectivity index (χ3v) is 4.20. The number of aliphatic hydroxyl groups is 2. The van der Waals surface area contributed by atoms with Gasteiger partial charge >= 0.3 is 0 Å². The Morgan fingerprint density at radius 3 is 3.00 bits per heavy atom. The van der Waals surface area contributed by atoms with E-state index in [0.29, 0.717) is 16.6 Å². The summed E-state index contributed by atoms with van der Waals surface area (Å²) >= 11 is 5.87. The van der Waals surface area contributed by atoms with E-state index in [1.165, 1.54) is 0 Å². The smallest absolute Gasteiger partial charge is 0.0853 e. The fourth-order valence-corrected chi connectivity index (χ4v) is 3.15. The summed E-state index contributed by atoms with van der Waals surface area (Å²) < 4.78 is 1.82. The SMILES string of the molecule is OCc1cc(N[C@@H]2CC(Cn3cc(Cl)cn3)C[C@H]2O)ccn1. The Balaban J connectivity index is 1.60. The first-order valence-corrected chi connectivity index (χ1v) is 7.70. The number of hydrogen-bond acceptors (Lipinski definition) is 5. The number of nitrogens with one attached hydrogen (secondary N) is 1. The Labute approximate surface area is 133 Å². The van der Waals surface area contributed by atoms with Gasteiger partial charge in [0.05, 0.1) is 35.7 Å². The van der Waals surface area contributed by atoms with Crippen LogP contribution in [-0.4, -0.2) is 37.1 Å². The molecular formula is C15H19ClN4O2. The highest BCUT2D eigenvalue weighted by atomic mass is 35.5. The molecule has 1 aliphatic carbocycles. The van der Waals surface area contributed by atoms with Crippen LogP contribution in [-0.2, 0) is 13.2 Å². The summed E-state index contributed by atoms with van der Waals surface area (Å²) in [6, 6.07) is 3.63. The van der Waals surface area contributed by atoms with Gasteiger partial charge in [-0.05, 0) is 30.9 Å². The summed E-state index contributed by atoms with van der Waals surface area (Å²) in [5.41, 5.74) is 1.48. The number of pyridine rings is 1. The van der Waals surface area contributed by atoms with E-state index in [0.717, 1.165) is 25.1 Å². The lowest BCUT2D eigenvalue weighted by Gasteiger charge is -2.18. The molecule has 2 aromatic heterocycles. The number of hydrogen-bond donors (Lipinski definition) is 3. The second-order valence-corrected chi connectivity index (χ2v) is 6.17. The van der Waals surface area contributed by atoms with Gasteiger partial charge in [-0.25, -0.2) is 0 Å². The first-order valence-electron chi connectivity index (χ1n) is 7.32. The molecule has 2 aromatic rings. The van der Waals surface area contributed by atoms with Crippen molar-refractivity contribution in [3.8, 4) is 0 Å². The summed E-state index contributed by atoms with van der Waals surface area (Å²) in [6.45, 7) is 0.658. The van der Waals surface area contributed by atoms with E-state index in [4.69, 9.17) is 16.7 Å². The third-order valence-electron chi connectivity index (χ3n) is 4.00. The Morgan fingerprint density at radius 2 is 2.27 bits per heavy atom. The van der Waals surface area contributed by atoms with Gasteiger partial charge in [-0.15, -0.1) is 0 Å². The van der Waals surface area contributed by atoms with Crippen LogP contribution in [0.25, 0.3) is 0 Å². The normalized spacial score (nSPS) is 24.6. The summed E-state index contributed by atoms with van der Waals surface area (Å²) in [5.74, 6) is 0.350. The van der Waals surface area contributed by atoms with Crippen LogP contribution < -0.4 is 5.32 Å². The number of nitrogens with zero attached hydrogens (tertiary/aromatic N) is 3. The molecule has 1 fully saturated rings. The van der Waals surface area contributed by atoms with Crippen molar-refractivity contribution in [3.05, 3.63) is 41.4 Å². The van der Waals surface area contributed by atoms with Crippen molar-refractivity contribution in [3.63, 3.8) is 0 Å². The monoisotopic (exact) mass is 322 g/mol. The molecule has 22 heavy (non-hydrogen) atoms. The highest BCUT2D eigenvalue weighted by Gasteiger charge is 2.33. The summed E-state index contributed by atoms with van der Waals surface area (Å²) in [6.07, 6.45) is 6.25. The highest BCUT2D eigenvalue weighted by Crippen LogP contribution is 2.30. The van der Waals surface area contributed by atoms with Gasteiger partial charge in [0.1, 0.15) is 0 Å². The van der Waals surface area contributed by atoms with Crippen LogP contribution in [0.2, 0.25) is 5.02 Å². The molecule has 0 amide bonds.